The normalized spacial score (nSPS) is 16.4. The van der Waals surface area contributed by atoms with E-state index in [0.29, 0.717) is 17.9 Å². The molecule has 6 nitrogen and oxygen atoms in total. The van der Waals surface area contributed by atoms with Gasteiger partial charge in [-0.1, -0.05) is 0 Å². The number of piperidine rings is 1. The minimum atomic E-state index is -0.509. The van der Waals surface area contributed by atoms with Gasteiger partial charge in [0.2, 0.25) is 0 Å². The van der Waals surface area contributed by atoms with Gasteiger partial charge < -0.3 is 26.2 Å². The van der Waals surface area contributed by atoms with Crippen LogP contribution in [0.4, 0.5) is 11.4 Å². The maximum atomic E-state index is 11.3. The molecular weight excluding hydrogens is 258 g/mol. The van der Waals surface area contributed by atoms with Gasteiger partial charge in [-0.05, 0) is 31.0 Å². The zero-order valence-electron chi connectivity index (χ0n) is 11.4. The predicted octanol–water partition coefficient (Wildman–Crippen LogP) is 0.345. The van der Waals surface area contributed by atoms with Crippen LogP contribution in [0.1, 0.15) is 23.2 Å². The van der Waals surface area contributed by atoms with Crippen molar-refractivity contribution in [3.63, 3.8) is 0 Å². The summed E-state index contributed by atoms with van der Waals surface area (Å²) in [7, 11) is 0. The van der Waals surface area contributed by atoms with Crippen LogP contribution < -0.4 is 16.4 Å². The Labute approximate surface area is 118 Å². The van der Waals surface area contributed by atoms with Gasteiger partial charge in [0.25, 0.3) is 5.91 Å². The molecule has 110 valence electrons. The van der Waals surface area contributed by atoms with Gasteiger partial charge in [-0.2, -0.15) is 0 Å². The predicted molar refractivity (Wildman–Crippen MR) is 77.6 cm³/mol. The van der Waals surface area contributed by atoms with E-state index in [4.69, 9.17) is 21.3 Å². The lowest BCUT2D eigenvalue weighted by Crippen LogP contribution is -2.37. The first-order valence-corrected chi connectivity index (χ1v) is 6.78. The lowest BCUT2D eigenvalue weighted by molar-refractivity contribution is 0.0159. The summed E-state index contributed by atoms with van der Waals surface area (Å²) >= 11 is 0. The first kappa shape index (κ1) is 14.6. The number of hydrogen-bond acceptors (Lipinski definition) is 5. The van der Waals surface area contributed by atoms with E-state index in [9.17, 15) is 4.79 Å². The van der Waals surface area contributed by atoms with Gasteiger partial charge in [-0.25, -0.2) is 0 Å². The summed E-state index contributed by atoms with van der Waals surface area (Å²) in [4.78, 5) is 13.5. The van der Waals surface area contributed by atoms with Gasteiger partial charge in [0, 0.05) is 24.5 Å². The molecule has 1 aliphatic heterocycles. The van der Waals surface area contributed by atoms with Gasteiger partial charge in [-0.15, -0.1) is 0 Å². The maximum absolute atomic E-state index is 11.3. The molecule has 0 atom stereocenters. The van der Waals surface area contributed by atoms with E-state index in [1.165, 1.54) is 0 Å². The number of anilines is 2. The van der Waals surface area contributed by atoms with Crippen molar-refractivity contribution in [1.29, 1.82) is 0 Å². The monoisotopic (exact) mass is 279 g/mol. The van der Waals surface area contributed by atoms with Crippen LogP contribution in [0.3, 0.4) is 0 Å². The van der Waals surface area contributed by atoms with Crippen LogP contribution in [0.5, 0.6) is 0 Å². The summed E-state index contributed by atoms with van der Waals surface area (Å²) < 4.78 is 5.53. The molecule has 0 saturated carbocycles. The Bertz CT molecular complexity index is 471. The number of nitrogens with zero attached hydrogens (tertiary/aromatic N) is 1. The van der Waals surface area contributed by atoms with E-state index in [-0.39, 0.29) is 12.7 Å². The van der Waals surface area contributed by atoms with Gasteiger partial charge >= 0.3 is 0 Å². The molecule has 1 amide bonds. The molecule has 1 aromatic rings. The van der Waals surface area contributed by atoms with Crippen molar-refractivity contribution in [2.75, 3.05) is 36.9 Å². The number of hydrogen-bond donors (Lipinski definition) is 3. The van der Waals surface area contributed by atoms with Crippen molar-refractivity contribution >= 4 is 17.3 Å². The van der Waals surface area contributed by atoms with Gasteiger partial charge in [-0.3, -0.25) is 4.79 Å². The molecule has 2 rings (SSSR count). The lowest BCUT2D eigenvalue weighted by Gasteiger charge is -2.33. The number of nitrogens with two attached hydrogens (primary N) is 2. The van der Waals surface area contributed by atoms with Crippen molar-refractivity contribution in [3.8, 4) is 0 Å². The van der Waals surface area contributed by atoms with Crippen LogP contribution in [0.15, 0.2) is 18.2 Å². The number of rotatable bonds is 5. The second-order valence-corrected chi connectivity index (χ2v) is 4.92. The number of carbonyl (C=O) groups excluding carboxylic acids is 1. The highest BCUT2D eigenvalue weighted by Gasteiger charge is 2.20. The SMILES string of the molecule is NC(=O)c1cc(N2CCC(OCCO)CC2)ccc1N. The average Bonchev–Trinajstić information content (AvgIpc) is 2.46. The quantitative estimate of drug-likeness (QED) is 0.675. The number of carbonyl (C=O) groups is 1. The Kier molecular flexibility index (Phi) is 4.81. The molecule has 5 N–H and O–H groups in total. The number of ether oxygens (including phenoxy) is 1. The highest BCUT2D eigenvalue weighted by Crippen LogP contribution is 2.25. The minimum absolute atomic E-state index is 0.0557. The third kappa shape index (κ3) is 3.40. The summed E-state index contributed by atoms with van der Waals surface area (Å²) in [6.45, 7) is 2.13. The van der Waals surface area contributed by atoms with E-state index >= 15 is 0 Å². The van der Waals surface area contributed by atoms with Crippen LogP contribution >= 0.6 is 0 Å². The van der Waals surface area contributed by atoms with Crippen molar-refractivity contribution < 1.29 is 14.6 Å². The van der Waals surface area contributed by atoms with Crippen LogP contribution in [0, 0.1) is 0 Å². The average molecular weight is 279 g/mol. The fourth-order valence-corrected chi connectivity index (χ4v) is 2.45. The minimum Gasteiger partial charge on any atom is -0.398 e. The fraction of sp³-hybridized carbons (Fsp3) is 0.500. The highest BCUT2D eigenvalue weighted by molar-refractivity contribution is 5.99. The van der Waals surface area contributed by atoms with E-state index in [0.717, 1.165) is 31.6 Å². The van der Waals surface area contributed by atoms with Crippen molar-refractivity contribution in [3.05, 3.63) is 23.8 Å². The third-order valence-electron chi connectivity index (χ3n) is 3.55. The molecule has 1 heterocycles. The molecule has 0 spiro atoms. The van der Waals surface area contributed by atoms with Crippen LogP contribution in [0.25, 0.3) is 0 Å². The second-order valence-electron chi connectivity index (χ2n) is 4.92. The summed E-state index contributed by atoms with van der Waals surface area (Å²) in [5.74, 6) is -0.509. The molecule has 1 saturated heterocycles. The first-order chi connectivity index (χ1) is 9.61. The largest absolute Gasteiger partial charge is 0.398 e. The molecule has 0 bridgehead atoms. The number of aliphatic hydroxyl groups is 1. The second kappa shape index (κ2) is 6.58. The van der Waals surface area contributed by atoms with Crippen LogP contribution in [0.2, 0.25) is 0 Å². The molecule has 1 fully saturated rings. The summed E-state index contributed by atoms with van der Waals surface area (Å²) in [5.41, 5.74) is 12.8. The lowest BCUT2D eigenvalue weighted by atomic mass is 10.1. The zero-order chi connectivity index (χ0) is 14.5. The maximum Gasteiger partial charge on any atom is 0.250 e. The standard InChI is InChI=1S/C14H21N3O3/c15-13-2-1-10(9-12(13)14(16)19)17-5-3-11(4-6-17)20-8-7-18/h1-2,9,11,18H,3-8,15H2,(H2,16,19). The van der Waals surface area contributed by atoms with E-state index < -0.39 is 5.91 Å². The molecule has 0 unspecified atom stereocenters. The van der Waals surface area contributed by atoms with E-state index in [1.54, 1.807) is 12.1 Å². The van der Waals surface area contributed by atoms with Crippen molar-refractivity contribution in [2.45, 2.75) is 18.9 Å². The number of benzene rings is 1. The first-order valence-electron chi connectivity index (χ1n) is 6.78. The summed E-state index contributed by atoms with van der Waals surface area (Å²) in [6, 6.07) is 5.35. The number of aliphatic hydroxyl groups excluding tert-OH is 1. The topological polar surface area (TPSA) is 102 Å². The van der Waals surface area contributed by atoms with Gasteiger partial charge in [0.05, 0.1) is 24.9 Å². The van der Waals surface area contributed by atoms with E-state index in [1.807, 2.05) is 6.07 Å². The Hall–Kier alpha value is -1.79. The summed E-state index contributed by atoms with van der Waals surface area (Å²) in [6.07, 6.45) is 2.00. The Morgan fingerprint density at radius 1 is 1.40 bits per heavy atom. The fourth-order valence-electron chi connectivity index (χ4n) is 2.45. The molecule has 0 radical (unpaired) electrons. The number of nitrogen functional groups attached to an aromatic ring is 1. The Morgan fingerprint density at radius 3 is 2.70 bits per heavy atom. The third-order valence-corrected chi connectivity index (χ3v) is 3.55. The van der Waals surface area contributed by atoms with Gasteiger partial charge in [0.15, 0.2) is 0 Å². The molecule has 6 heteroatoms. The summed E-state index contributed by atoms with van der Waals surface area (Å²) in [5, 5.41) is 8.74. The molecule has 0 aromatic heterocycles. The van der Waals surface area contributed by atoms with Crippen molar-refractivity contribution in [2.24, 2.45) is 5.73 Å². The van der Waals surface area contributed by atoms with E-state index in [2.05, 4.69) is 4.90 Å². The molecule has 0 aliphatic carbocycles. The number of primary amides is 1. The van der Waals surface area contributed by atoms with Crippen LogP contribution in [-0.4, -0.2) is 43.4 Å². The van der Waals surface area contributed by atoms with Gasteiger partial charge in [0.1, 0.15) is 0 Å². The molecule has 20 heavy (non-hydrogen) atoms. The molecule has 1 aliphatic rings. The number of amides is 1. The Morgan fingerprint density at radius 2 is 2.10 bits per heavy atom. The Balaban J connectivity index is 2.00. The smallest absolute Gasteiger partial charge is 0.250 e. The van der Waals surface area contributed by atoms with Crippen molar-refractivity contribution in [1.82, 2.24) is 0 Å². The molecule has 1 aromatic carbocycles. The zero-order valence-corrected chi connectivity index (χ0v) is 11.4. The van der Waals surface area contributed by atoms with Crippen LogP contribution in [-0.2, 0) is 4.74 Å². The highest BCUT2D eigenvalue weighted by atomic mass is 16.5. The molecular formula is C14H21N3O3.